The summed E-state index contributed by atoms with van der Waals surface area (Å²) in [6.07, 6.45) is 0. The third-order valence-electron chi connectivity index (χ3n) is 1.39. The zero-order valence-electron chi connectivity index (χ0n) is 5.79. The molecular formula is C5H6N4O2. The van der Waals surface area contributed by atoms with E-state index in [4.69, 9.17) is 5.53 Å². The number of nitrogens with zero attached hydrogens (tertiary/aromatic N) is 2. The Balaban J connectivity index is 2.92. The molecule has 3 amide bonds. The topological polar surface area (TPSA) is 94.6 Å². The number of amides is 3. The van der Waals surface area contributed by atoms with Crippen molar-refractivity contribution in [3.05, 3.63) is 5.53 Å². The van der Waals surface area contributed by atoms with Gasteiger partial charge in [-0.3, -0.25) is 10.1 Å². The van der Waals surface area contributed by atoms with Gasteiger partial charge in [-0.05, 0) is 6.92 Å². The number of nitrogens with one attached hydrogen (secondary N) is 2. The number of rotatable bonds is 0. The van der Waals surface area contributed by atoms with Crippen LogP contribution in [0, 0.1) is 5.92 Å². The van der Waals surface area contributed by atoms with Crippen LogP contribution in [0.15, 0.2) is 0 Å². The number of amidine groups is 1. The Labute approximate surface area is 62.2 Å². The second-order valence-corrected chi connectivity index (χ2v) is 2.15. The van der Waals surface area contributed by atoms with Gasteiger partial charge in [-0.25, -0.2) is 4.79 Å². The van der Waals surface area contributed by atoms with Gasteiger partial charge >= 0.3 is 11.9 Å². The van der Waals surface area contributed by atoms with Gasteiger partial charge in [0.15, 0.2) is 5.92 Å². The van der Waals surface area contributed by atoms with Crippen molar-refractivity contribution in [2.45, 2.75) is 6.92 Å². The SMILES string of the molecule is CC1C(=O)NC(=O)NC1=[N+]=[N-]. The van der Waals surface area contributed by atoms with Gasteiger partial charge in [-0.15, -0.1) is 0 Å². The van der Waals surface area contributed by atoms with Gasteiger partial charge in [0.05, 0.1) is 0 Å². The summed E-state index contributed by atoms with van der Waals surface area (Å²) in [4.78, 5) is 24.1. The molecule has 1 saturated heterocycles. The Morgan fingerprint density at radius 3 is 2.64 bits per heavy atom. The van der Waals surface area contributed by atoms with Crippen molar-refractivity contribution in [2.75, 3.05) is 0 Å². The molecule has 1 rings (SSSR count). The largest absolute Gasteiger partial charge is 0.497 e. The van der Waals surface area contributed by atoms with Crippen molar-refractivity contribution in [1.29, 1.82) is 0 Å². The molecule has 1 heterocycles. The molecule has 1 atom stereocenters. The van der Waals surface area contributed by atoms with Crippen LogP contribution in [0.4, 0.5) is 4.79 Å². The molecule has 58 valence electrons. The summed E-state index contributed by atoms with van der Waals surface area (Å²) >= 11 is 0. The Morgan fingerprint density at radius 2 is 2.09 bits per heavy atom. The number of hydrogen-bond donors (Lipinski definition) is 2. The smallest absolute Gasteiger partial charge is 0.413 e. The molecule has 11 heavy (non-hydrogen) atoms. The average Bonchev–Trinajstić information content (AvgIpc) is 1.96. The molecule has 6 nitrogen and oxygen atoms in total. The minimum atomic E-state index is -0.666. The van der Waals surface area contributed by atoms with Crippen molar-refractivity contribution >= 4 is 17.8 Å². The quantitative estimate of drug-likeness (QED) is 0.349. The summed E-state index contributed by atoms with van der Waals surface area (Å²) in [6, 6.07) is -0.666. The van der Waals surface area contributed by atoms with Crippen molar-refractivity contribution in [1.82, 2.24) is 10.6 Å². The van der Waals surface area contributed by atoms with Crippen molar-refractivity contribution in [3.63, 3.8) is 0 Å². The molecule has 0 spiro atoms. The lowest BCUT2D eigenvalue weighted by molar-refractivity contribution is -0.123. The predicted molar refractivity (Wildman–Crippen MR) is 34.5 cm³/mol. The highest BCUT2D eigenvalue weighted by molar-refractivity contribution is 6.16. The maximum Gasteiger partial charge on any atom is 0.413 e. The molecule has 6 heteroatoms. The molecule has 0 aromatic carbocycles. The minimum absolute atomic E-state index is 0.0289. The van der Waals surface area contributed by atoms with Gasteiger partial charge in [0.2, 0.25) is 5.91 Å². The lowest BCUT2D eigenvalue weighted by Gasteiger charge is -2.11. The van der Waals surface area contributed by atoms with E-state index in [0.29, 0.717) is 0 Å². The van der Waals surface area contributed by atoms with Gasteiger partial charge < -0.3 is 10.3 Å². The van der Waals surface area contributed by atoms with E-state index in [1.54, 1.807) is 0 Å². The second kappa shape index (κ2) is 2.51. The Kier molecular flexibility index (Phi) is 1.70. The van der Waals surface area contributed by atoms with Crippen LogP contribution >= 0.6 is 0 Å². The Hall–Kier alpha value is -1.68. The molecule has 0 aliphatic carbocycles. The zero-order valence-corrected chi connectivity index (χ0v) is 5.79. The van der Waals surface area contributed by atoms with Crippen LogP contribution in [-0.2, 0) is 4.79 Å². The van der Waals surface area contributed by atoms with E-state index in [1.807, 2.05) is 5.32 Å². The van der Waals surface area contributed by atoms with Gasteiger partial charge in [0, 0.05) is 0 Å². The lowest BCUT2D eigenvalue weighted by atomic mass is 10.1. The molecule has 0 saturated carbocycles. The monoisotopic (exact) mass is 154 g/mol. The first-order valence-electron chi connectivity index (χ1n) is 2.99. The fraction of sp³-hybridized carbons (Fsp3) is 0.400. The van der Waals surface area contributed by atoms with Crippen LogP contribution in [0.3, 0.4) is 0 Å². The number of imide groups is 1. The molecular weight excluding hydrogens is 148 g/mol. The maximum atomic E-state index is 10.8. The Bertz CT molecular complexity index is 266. The molecule has 1 aliphatic heterocycles. The van der Waals surface area contributed by atoms with E-state index >= 15 is 0 Å². The third kappa shape index (κ3) is 1.25. The van der Waals surface area contributed by atoms with Crippen molar-refractivity contribution < 1.29 is 14.4 Å². The third-order valence-corrected chi connectivity index (χ3v) is 1.39. The fourth-order valence-electron chi connectivity index (χ4n) is 0.712. The molecule has 1 aliphatic rings. The first-order chi connectivity index (χ1) is 5.15. The number of carbonyl (C=O) groups is 2. The Morgan fingerprint density at radius 1 is 1.45 bits per heavy atom. The van der Waals surface area contributed by atoms with Crippen LogP contribution in [0.5, 0.6) is 0 Å². The molecule has 0 aromatic heterocycles. The summed E-state index contributed by atoms with van der Waals surface area (Å²) in [6.45, 7) is 1.52. The first-order valence-corrected chi connectivity index (χ1v) is 2.99. The lowest BCUT2D eigenvalue weighted by Crippen LogP contribution is -2.55. The molecule has 1 unspecified atom stereocenters. The van der Waals surface area contributed by atoms with E-state index < -0.39 is 17.9 Å². The summed E-state index contributed by atoms with van der Waals surface area (Å²) in [5.41, 5.74) is 8.29. The van der Waals surface area contributed by atoms with E-state index in [9.17, 15) is 9.59 Å². The highest BCUT2D eigenvalue weighted by Gasteiger charge is 2.35. The van der Waals surface area contributed by atoms with Crippen LogP contribution in [-0.4, -0.2) is 22.6 Å². The van der Waals surface area contributed by atoms with E-state index in [-0.39, 0.29) is 5.84 Å². The average molecular weight is 154 g/mol. The second-order valence-electron chi connectivity index (χ2n) is 2.15. The number of carbonyl (C=O) groups excluding carboxylic acids is 2. The summed E-state index contributed by atoms with van der Waals surface area (Å²) in [5, 5.41) is 4.19. The molecule has 0 radical (unpaired) electrons. The summed E-state index contributed by atoms with van der Waals surface area (Å²) in [5.74, 6) is -1.11. The van der Waals surface area contributed by atoms with Crippen LogP contribution in [0.2, 0.25) is 0 Å². The predicted octanol–water partition coefficient (Wildman–Crippen LogP) is -0.910. The van der Waals surface area contributed by atoms with Crippen molar-refractivity contribution in [3.8, 4) is 0 Å². The van der Waals surface area contributed by atoms with Gasteiger partial charge in [-0.2, -0.15) is 5.32 Å². The maximum absolute atomic E-state index is 10.8. The normalized spacial score (nSPS) is 23.7. The minimum Gasteiger partial charge on any atom is -0.497 e. The van der Waals surface area contributed by atoms with Crippen LogP contribution in [0.1, 0.15) is 6.92 Å². The highest BCUT2D eigenvalue weighted by atomic mass is 16.2. The van der Waals surface area contributed by atoms with Crippen LogP contribution < -0.4 is 10.6 Å². The number of urea groups is 1. The zero-order chi connectivity index (χ0) is 8.43. The molecule has 0 aromatic rings. The van der Waals surface area contributed by atoms with Gasteiger partial charge in [0.25, 0.3) is 0 Å². The highest BCUT2D eigenvalue weighted by Crippen LogP contribution is 1.98. The van der Waals surface area contributed by atoms with Crippen LogP contribution in [0.25, 0.3) is 5.53 Å². The molecule has 0 bridgehead atoms. The van der Waals surface area contributed by atoms with Crippen molar-refractivity contribution in [2.24, 2.45) is 5.92 Å². The van der Waals surface area contributed by atoms with E-state index in [1.165, 1.54) is 6.92 Å². The standard InChI is InChI=1S/C5H6N4O2/c1-2-3(9-6)7-5(11)8-4(2)10/h2H,1H3,(H2,7,8,10,11). The van der Waals surface area contributed by atoms with E-state index in [2.05, 4.69) is 10.1 Å². The first kappa shape index (κ1) is 7.43. The van der Waals surface area contributed by atoms with Gasteiger partial charge in [0.1, 0.15) is 0 Å². The molecule has 2 N–H and O–H groups in total. The summed E-state index contributed by atoms with van der Waals surface area (Å²) < 4.78 is 0. The number of hydrogen-bond acceptors (Lipinski definition) is 2. The molecule has 1 fully saturated rings. The fourth-order valence-corrected chi connectivity index (χ4v) is 0.712. The van der Waals surface area contributed by atoms with E-state index in [0.717, 1.165) is 0 Å². The van der Waals surface area contributed by atoms with Gasteiger partial charge in [-0.1, -0.05) is 0 Å². The summed E-state index contributed by atoms with van der Waals surface area (Å²) in [7, 11) is 0.